The normalized spacial score (nSPS) is 15.9. The SMILES string of the molecule is CCN(Cc1nc(C)cc(N)n1)C1CC1. The summed E-state index contributed by atoms with van der Waals surface area (Å²) < 4.78 is 0. The largest absolute Gasteiger partial charge is 0.384 e. The predicted molar refractivity (Wildman–Crippen MR) is 60.3 cm³/mol. The lowest BCUT2D eigenvalue weighted by molar-refractivity contribution is 0.262. The van der Waals surface area contributed by atoms with E-state index in [0.29, 0.717) is 5.82 Å². The van der Waals surface area contributed by atoms with Crippen molar-refractivity contribution < 1.29 is 0 Å². The minimum atomic E-state index is 0.573. The molecule has 4 heteroatoms. The van der Waals surface area contributed by atoms with Crippen molar-refractivity contribution in [2.45, 2.75) is 39.3 Å². The number of nitrogens with two attached hydrogens (primary N) is 1. The molecule has 0 unspecified atom stereocenters. The van der Waals surface area contributed by atoms with Crippen molar-refractivity contribution in [1.29, 1.82) is 0 Å². The van der Waals surface area contributed by atoms with Crippen molar-refractivity contribution in [1.82, 2.24) is 14.9 Å². The summed E-state index contributed by atoms with van der Waals surface area (Å²) in [5.74, 6) is 1.42. The van der Waals surface area contributed by atoms with E-state index < -0.39 is 0 Å². The average Bonchev–Trinajstić information content (AvgIpc) is 2.95. The van der Waals surface area contributed by atoms with Crippen LogP contribution in [-0.2, 0) is 6.54 Å². The second-order valence-electron chi connectivity index (χ2n) is 4.14. The molecule has 0 spiro atoms. The van der Waals surface area contributed by atoms with Crippen LogP contribution in [0.3, 0.4) is 0 Å². The predicted octanol–water partition coefficient (Wildman–Crippen LogP) is 1.35. The lowest BCUT2D eigenvalue weighted by atomic mass is 10.4. The van der Waals surface area contributed by atoms with Crippen molar-refractivity contribution in [2.24, 2.45) is 0 Å². The molecule has 0 radical (unpaired) electrons. The molecule has 15 heavy (non-hydrogen) atoms. The first kappa shape index (κ1) is 10.4. The van der Waals surface area contributed by atoms with Gasteiger partial charge in [-0.3, -0.25) is 4.90 Å². The fourth-order valence-corrected chi connectivity index (χ4v) is 1.85. The number of anilines is 1. The molecule has 0 amide bonds. The molecule has 82 valence electrons. The number of nitrogen functional groups attached to an aromatic ring is 1. The zero-order chi connectivity index (χ0) is 10.8. The second kappa shape index (κ2) is 4.14. The highest BCUT2D eigenvalue weighted by Gasteiger charge is 2.28. The van der Waals surface area contributed by atoms with Crippen LogP contribution >= 0.6 is 0 Å². The summed E-state index contributed by atoms with van der Waals surface area (Å²) in [6, 6.07) is 2.55. The summed E-state index contributed by atoms with van der Waals surface area (Å²) in [4.78, 5) is 11.1. The Hall–Kier alpha value is -1.16. The van der Waals surface area contributed by atoms with Gasteiger partial charge >= 0.3 is 0 Å². The molecule has 0 saturated heterocycles. The van der Waals surface area contributed by atoms with Gasteiger partial charge in [0.15, 0.2) is 0 Å². The van der Waals surface area contributed by atoms with E-state index in [1.165, 1.54) is 12.8 Å². The van der Waals surface area contributed by atoms with Crippen LogP contribution in [0.15, 0.2) is 6.07 Å². The maximum atomic E-state index is 5.70. The van der Waals surface area contributed by atoms with E-state index in [9.17, 15) is 0 Å². The minimum absolute atomic E-state index is 0.573. The molecule has 1 aromatic rings. The van der Waals surface area contributed by atoms with Crippen LogP contribution in [0, 0.1) is 6.92 Å². The van der Waals surface area contributed by atoms with Gasteiger partial charge in [0.05, 0.1) is 6.54 Å². The molecule has 1 aromatic heterocycles. The first-order chi connectivity index (χ1) is 7.19. The highest BCUT2D eigenvalue weighted by molar-refractivity contribution is 5.29. The van der Waals surface area contributed by atoms with E-state index in [4.69, 9.17) is 5.73 Å². The van der Waals surface area contributed by atoms with Gasteiger partial charge in [0.1, 0.15) is 11.6 Å². The third kappa shape index (κ3) is 2.65. The van der Waals surface area contributed by atoms with Crippen molar-refractivity contribution in [3.63, 3.8) is 0 Å². The molecular formula is C11H18N4. The molecule has 1 fully saturated rings. The summed E-state index contributed by atoms with van der Waals surface area (Å²) in [7, 11) is 0. The van der Waals surface area contributed by atoms with Crippen LogP contribution < -0.4 is 5.73 Å². The monoisotopic (exact) mass is 206 g/mol. The molecule has 1 heterocycles. The van der Waals surface area contributed by atoms with Crippen LogP contribution in [0.25, 0.3) is 0 Å². The minimum Gasteiger partial charge on any atom is -0.384 e. The summed E-state index contributed by atoms with van der Waals surface area (Å²) in [5.41, 5.74) is 6.65. The Balaban J connectivity index is 2.08. The van der Waals surface area contributed by atoms with Gasteiger partial charge in [-0.25, -0.2) is 9.97 Å². The maximum absolute atomic E-state index is 5.70. The summed E-state index contributed by atoms with van der Waals surface area (Å²) in [6.07, 6.45) is 2.63. The highest BCUT2D eigenvalue weighted by atomic mass is 15.2. The molecule has 2 N–H and O–H groups in total. The Bertz CT molecular complexity index is 326. The van der Waals surface area contributed by atoms with Crippen LogP contribution in [0.5, 0.6) is 0 Å². The third-order valence-corrected chi connectivity index (χ3v) is 2.73. The lowest BCUT2D eigenvalue weighted by Crippen LogP contribution is -2.26. The molecular weight excluding hydrogens is 188 g/mol. The van der Waals surface area contributed by atoms with E-state index >= 15 is 0 Å². The van der Waals surface area contributed by atoms with E-state index in [1.54, 1.807) is 6.07 Å². The number of hydrogen-bond donors (Lipinski definition) is 1. The molecule has 1 aliphatic carbocycles. The Kier molecular flexibility index (Phi) is 2.86. The molecule has 2 rings (SSSR count). The van der Waals surface area contributed by atoms with Crippen molar-refractivity contribution >= 4 is 5.82 Å². The number of rotatable bonds is 4. The first-order valence-corrected chi connectivity index (χ1v) is 5.53. The van der Waals surface area contributed by atoms with Crippen LogP contribution in [-0.4, -0.2) is 27.5 Å². The van der Waals surface area contributed by atoms with Crippen LogP contribution in [0.1, 0.15) is 31.3 Å². The lowest BCUT2D eigenvalue weighted by Gasteiger charge is -2.18. The summed E-state index contributed by atoms with van der Waals surface area (Å²) in [6.45, 7) is 6.02. The first-order valence-electron chi connectivity index (χ1n) is 5.53. The van der Waals surface area contributed by atoms with Crippen molar-refractivity contribution in [3.05, 3.63) is 17.6 Å². The summed E-state index contributed by atoms with van der Waals surface area (Å²) in [5, 5.41) is 0. The molecule has 0 aliphatic heterocycles. The van der Waals surface area contributed by atoms with E-state index in [-0.39, 0.29) is 0 Å². The Morgan fingerprint density at radius 3 is 2.73 bits per heavy atom. The fraction of sp³-hybridized carbons (Fsp3) is 0.636. The smallest absolute Gasteiger partial charge is 0.144 e. The van der Waals surface area contributed by atoms with Gasteiger partial charge in [-0.05, 0) is 26.3 Å². The highest BCUT2D eigenvalue weighted by Crippen LogP contribution is 2.27. The zero-order valence-electron chi connectivity index (χ0n) is 9.40. The molecule has 0 atom stereocenters. The number of aryl methyl sites for hydroxylation is 1. The van der Waals surface area contributed by atoms with Crippen molar-refractivity contribution in [2.75, 3.05) is 12.3 Å². The van der Waals surface area contributed by atoms with Crippen LogP contribution in [0.4, 0.5) is 5.82 Å². The van der Waals surface area contributed by atoms with Gasteiger partial charge in [0, 0.05) is 17.8 Å². The van der Waals surface area contributed by atoms with Gasteiger partial charge in [0.2, 0.25) is 0 Å². The van der Waals surface area contributed by atoms with Crippen LogP contribution in [0.2, 0.25) is 0 Å². The topological polar surface area (TPSA) is 55.0 Å². The van der Waals surface area contributed by atoms with Gasteiger partial charge in [0.25, 0.3) is 0 Å². The number of aromatic nitrogens is 2. The molecule has 1 aliphatic rings. The molecule has 4 nitrogen and oxygen atoms in total. The number of nitrogens with zero attached hydrogens (tertiary/aromatic N) is 3. The zero-order valence-corrected chi connectivity index (χ0v) is 9.40. The third-order valence-electron chi connectivity index (χ3n) is 2.73. The van der Waals surface area contributed by atoms with E-state index in [0.717, 1.165) is 30.6 Å². The standard InChI is InChI=1S/C11H18N4/c1-3-15(9-4-5-9)7-11-13-8(2)6-10(12)14-11/h6,9H,3-5,7H2,1-2H3,(H2,12,13,14). The Labute approximate surface area is 90.5 Å². The van der Waals surface area contributed by atoms with Gasteiger partial charge in [-0.1, -0.05) is 6.92 Å². The van der Waals surface area contributed by atoms with Crippen molar-refractivity contribution in [3.8, 4) is 0 Å². The van der Waals surface area contributed by atoms with E-state index in [2.05, 4.69) is 21.8 Å². The number of hydrogen-bond acceptors (Lipinski definition) is 4. The summed E-state index contributed by atoms with van der Waals surface area (Å²) >= 11 is 0. The van der Waals surface area contributed by atoms with Gasteiger partial charge in [-0.15, -0.1) is 0 Å². The molecule has 0 bridgehead atoms. The quantitative estimate of drug-likeness (QED) is 0.808. The average molecular weight is 206 g/mol. The van der Waals surface area contributed by atoms with Gasteiger partial charge in [-0.2, -0.15) is 0 Å². The maximum Gasteiger partial charge on any atom is 0.144 e. The molecule has 0 aromatic carbocycles. The van der Waals surface area contributed by atoms with E-state index in [1.807, 2.05) is 6.92 Å². The van der Waals surface area contributed by atoms with Gasteiger partial charge < -0.3 is 5.73 Å². The fourth-order valence-electron chi connectivity index (χ4n) is 1.85. The Morgan fingerprint density at radius 1 is 1.47 bits per heavy atom. The Morgan fingerprint density at radius 2 is 2.20 bits per heavy atom. The second-order valence-corrected chi connectivity index (χ2v) is 4.14. The molecule has 1 saturated carbocycles.